The molecule has 1 aromatic carbocycles. The molecule has 6 nitrogen and oxygen atoms in total. The van der Waals surface area contributed by atoms with Crippen LogP contribution >= 0.6 is 12.4 Å². The molecule has 2 aromatic heterocycles. The first-order valence-corrected chi connectivity index (χ1v) is 8.54. The summed E-state index contributed by atoms with van der Waals surface area (Å²) >= 11 is 0. The SMILES string of the molecule is CCC(CC)(CN)C(=O)Nc1ccc2nc(-c3ccccn3)[nH]c2c1.Cl. The monoisotopic (exact) mass is 373 g/mol. The second kappa shape index (κ2) is 8.29. The van der Waals surface area contributed by atoms with Crippen LogP contribution < -0.4 is 11.1 Å². The normalized spacial score (nSPS) is 11.2. The molecule has 7 heteroatoms. The molecule has 3 rings (SSSR count). The largest absolute Gasteiger partial charge is 0.337 e. The molecule has 4 N–H and O–H groups in total. The quantitative estimate of drug-likeness (QED) is 0.613. The molecule has 0 aliphatic rings. The standard InChI is InChI=1S/C19H23N5O.ClH/c1-3-19(4-2,12-20)18(25)22-13-8-9-14-16(11-13)24-17(23-14)15-7-5-6-10-21-15;/h5-11H,3-4,12,20H2,1-2H3,(H,22,25)(H,23,24);1H. The first-order valence-electron chi connectivity index (χ1n) is 8.54. The van der Waals surface area contributed by atoms with Crippen LogP contribution in [0.1, 0.15) is 26.7 Å². The highest BCUT2D eigenvalue weighted by Crippen LogP contribution is 2.28. The highest BCUT2D eigenvalue weighted by Gasteiger charge is 2.33. The van der Waals surface area contributed by atoms with Crippen molar-refractivity contribution in [1.82, 2.24) is 15.0 Å². The number of aromatic nitrogens is 3. The van der Waals surface area contributed by atoms with Gasteiger partial charge in [0.1, 0.15) is 5.69 Å². The molecule has 0 bridgehead atoms. The molecule has 0 aliphatic heterocycles. The number of carbonyl (C=O) groups is 1. The second-order valence-electron chi connectivity index (χ2n) is 6.18. The second-order valence-corrected chi connectivity index (χ2v) is 6.18. The van der Waals surface area contributed by atoms with Crippen LogP contribution in [-0.4, -0.2) is 27.4 Å². The van der Waals surface area contributed by atoms with Crippen LogP contribution in [0.4, 0.5) is 5.69 Å². The average Bonchev–Trinajstić information content (AvgIpc) is 3.08. The Labute approximate surface area is 159 Å². The van der Waals surface area contributed by atoms with Crippen molar-refractivity contribution < 1.29 is 4.79 Å². The van der Waals surface area contributed by atoms with E-state index in [2.05, 4.69) is 20.3 Å². The summed E-state index contributed by atoms with van der Waals surface area (Å²) in [5, 5.41) is 2.99. The number of amides is 1. The number of carbonyl (C=O) groups excluding carboxylic acids is 1. The van der Waals surface area contributed by atoms with Gasteiger partial charge in [0, 0.05) is 18.4 Å². The van der Waals surface area contributed by atoms with Gasteiger partial charge >= 0.3 is 0 Å². The third-order valence-corrected chi connectivity index (χ3v) is 4.87. The maximum absolute atomic E-state index is 12.7. The minimum Gasteiger partial charge on any atom is -0.337 e. The van der Waals surface area contributed by atoms with Crippen molar-refractivity contribution in [3.8, 4) is 11.5 Å². The van der Waals surface area contributed by atoms with E-state index in [0.717, 1.165) is 22.4 Å². The van der Waals surface area contributed by atoms with Gasteiger partial charge in [-0.25, -0.2) is 4.98 Å². The molecule has 0 saturated heterocycles. The number of nitrogens with one attached hydrogen (secondary N) is 2. The zero-order chi connectivity index (χ0) is 17.9. The number of rotatable bonds is 6. The molecule has 3 aromatic rings. The lowest BCUT2D eigenvalue weighted by Crippen LogP contribution is -2.41. The van der Waals surface area contributed by atoms with Gasteiger partial charge in [0.15, 0.2) is 5.82 Å². The Morgan fingerprint density at radius 2 is 2.00 bits per heavy atom. The Morgan fingerprint density at radius 3 is 2.62 bits per heavy atom. The van der Waals surface area contributed by atoms with Crippen LogP contribution in [0.15, 0.2) is 42.6 Å². The number of halogens is 1. The molecular weight excluding hydrogens is 350 g/mol. The molecule has 2 heterocycles. The zero-order valence-electron chi connectivity index (χ0n) is 15.0. The van der Waals surface area contributed by atoms with E-state index in [-0.39, 0.29) is 18.3 Å². The summed E-state index contributed by atoms with van der Waals surface area (Å²) in [5.41, 5.74) is 8.52. The van der Waals surface area contributed by atoms with Gasteiger partial charge in [0.25, 0.3) is 0 Å². The Bertz CT molecular complexity index is 866. The van der Waals surface area contributed by atoms with Gasteiger partial charge in [-0.3, -0.25) is 9.78 Å². The van der Waals surface area contributed by atoms with Crippen LogP contribution in [0.5, 0.6) is 0 Å². The van der Waals surface area contributed by atoms with E-state index in [4.69, 9.17) is 5.73 Å². The van der Waals surface area contributed by atoms with Crippen LogP contribution in [0.2, 0.25) is 0 Å². The van der Waals surface area contributed by atoms with Crippen molar-refractivity contribution >= 4 is 35.0 Å². The van der Waals surface area contributed by atoms with Crippen molar-refractivity contribution in [2.45, 2.75) is 26.7 Å². The fraction of sp³-hybridized carbons (Fsp3) is 0.316. The molecule has 0 aliphatic carbocycles. The minimum absolute atomic E-state index is 0. The van der Waals surface area contributed by atoms with Gasteiger partial charge in [-0.05, 0) is 43.2 Å². The van der Waals surface area contributed by atoms with Crippen LogP contribution in [0.3, 0.4) is 0 Å². The van der Waals surface area contributed by atoms with E-state index in [1.54, 1.807) is 6.20 Å². The van der Waals surface area contributed by atoms with E-state index >= 15 is 0 Å². The summed E-state index contributed by atoms with van der Waals surface area (Å²) in [7, 11) is 0. The fourth-order valence-corrected chi connectivity index (χ4v) is 2.93. The third-order valence-electron chi connectivity index (χ3n) is 4.87. The molecule has 0 fully saturated rings. The van der Waals surface area contributed by atoms with E-state index in [1.807, 2.05) is 50.2 Å². The number of benzene rings is 1. The van der Waals surface area contributed by atoms with E-state index < -0.39 is 5.41 Å². The number of hydrogen-bond acceptors (Lipinski definition) is 4. The number of aromatic amines is 1. The summed E-state index contributed by atoms with van der Waals surface area (Å²) in [6.45, 7) is 4.32. The summed E-state index contributed by atoms with van der Waals surface area (Å²) in [6, 6.07) is 11.3. The molecular formula is C19H24ClN5O. The zero-order valence-corrected chi connectivity index (χ0v) is 15.8. The van der Waals surface area contributed by atoms with Crippen molar-refractivity contribution in [2.24, 2.45) is 11.1 Å². The summed E-state index contributed by atoms with van der Waals surface area (Å²) in [5.74, 6) is 0.668. The van der Waals surface area contributed by atoms with E-state index in [9.17, 15) is 4.79 Å². The molecule has 0 radical (unpaired) electrons. The van der Waals surface area contributed by atoms with E-state index in [1.165, 1.54) is 0 Å². The van der Waals surface area contributed by atoms with Crippen molar-refractivity contribution in [3.63, 3.8) is 0 Å². The number of nitrogens with two attached hydrogens (primary N) is 1. The number of anilines is 1. The van der Waals surface area contributed by atoms with Gasteiger partial charge in [-0.1, -0.05) is 19.9 Å². The average molecular weight is 374 g/mol. The number of pyridine rings is 1. The topological polar surface area (TPSA) is 96.7 Å². The Hall–Kier alpha value is -2.44. The molecule has 0 spiro atoms. The smallest absolute Gasteiger partial charge is 0.231 e. The predicted octanol–water partition coefficient (Wildman–Crippen LogP) is 3.75. The minimum atomic E-state index is -0.526. The Balaban J connectivity index is 0.00000243. The number of H-pyrrole nitrogens is 1. The predicted molar refractivity (Wildman–Crippen MR) is 107 cm³/mol. The summed E-state index contributed by atoms with van der Waals surface area (Å²) in [6.07, 6.45) is 3.15. The maximum Gasteiger partial charge on any atom is 0.231 e. The maximum atomic E-state index is 12.7. The van der Waals surface area contributed by atoms with Crippen LogP contribution in [-0.2, 0) is 4.79 Å². The lowest BCUT2D eigenvalue weighted by Gasteiger charge is -2.28. The van der Waals surface area contributed by atoms with Gasteiger partial charge in [0.05, 0.1) is 16.4 Å². The number of fused-ring (bicyclic) bond motifs is 1. The highest BCUT2D eigenvalue weighted by atomic mass is 35.5. The van der Waals surface area contributed by atoms with E-state index in [0.29, 0.717) is 25.2 Å². The van der Waals surface area contributed by atoms with Crippen LogP contribution in [0, 0.1) is 5.41 Å². The lowest BCUT2D eigenvalue weighted by molar-refractivity contribution is -0.125. The first-order chi connectivity index (χ1) is 12.1. The lowest BCUT2D eigenvalue weighted by atomic mass is 9.81. The molecule has 138 valence electrons. The number of hydrogen-bond donors (Lipinski definition) is 3. The Kier molecular flexibility index (Phi) is 6.34. The van der Waals surface area contributed by atoms with Gasteiger partial charge < -0.3 is 16.0 Å². The van der Waals surface area contributed by atoms with Crippen LogP contribution in [0.25, 0.3) is 22.6 Å². The molecule has 1 amide bonds. The number of imidazole rings is 1. The molecule has 0 unspecified atom stereocenters. The highest BCUT2D eigenvalue weighted by molar-refractivity contribution is 5.97. The first kappa shape index (κ1) is 19.9. The van der Waals surface area contributed by atoms with Gasteiger partial charge in [0.2, 0.25) is 5.91 Å². The molecule has 0 atom stereocenters. The summed E-state index contributed by atoms with van der Waals surface area (Å²) in [4.78, 5) is 24.8. The summed E-state index contributed by atoms with van der Waals surface area (Å²) < 4.78 is 0. The third kappa shape index (κ3) is 3.71. The van der Waals surface area contributed by atoms with Crippen molar-refractivity contribution in [2.75, 3.05) is 11.9 Å². The van der Waals surface area contributed by atoms with Gasteiger partial charge in [-0.15, -0.1) is 12.4 Å². The molecule has 26 heavy (non-hydrogen) atoms. The van der Waals surface area contributed by atoms with Gasteiger partial charge in [-0.2, -0.15) is 0 Å². The number of nitrogens with zero attached hydrogens (tertiary/aromatic N) is 2. The molecule has 0 saturated carbocycles. The fourth-order valence-electron chi connectivity index (χ4n) is 2.93. The Morgan fingerprint density at radius 1 is 1.23 bits per heavy atom. The van der Waals surface area contributed by atoms with Crippen molar-refractivity contribution in [3.05, 3.63) is 42.6 Å². The van der Waals surface area contributed by atoms with Crippen molar-refractivity contribution in [1.29, 1.82) is 0 Å².